The van der Waals surface area contributed by atoms with Crippen molar-refractivity contribution in [2.45, 2.75) is 50.1 Å². The maximum atomic E-state index is 12.7. The first kappa shape index (κ1) is 20.1. The van der Waals surface area contributed by atoms with Gasteiger partial charge in [0.25, 0.3) is 5.56 Å². The minimum absolute atomic E-state index is 0.0369. The number of ether oxygens (including phenoxy) is 1. The monoisotopic (exact) mass is 410 g/mol. The van der Waals surface area contributed by atoms with Gasteiger partial charge in [-0.25, -0.2) is 4.98 Å². The van der Waals surface area contributed by atoms with Crippen molar-refractivity contribution in [2.24, 2.45) is 0 Å². The molecule has 0 radical (unpaired) electrons. The Bertz CT molecular complexity index is 1050. The quantitative estimate of drug-likeness (QED) is 0.472. The molecule has 29 heavy (non-hydrogen) atoms. The van der Waals surface area contributed by atoms with Crippen molar-refractivity contribution in [1.29, 1.82) is 0 Å². The lowest BCUT2D eigenvalue weighted by atomic mass is 9.89. The number of aromatic nitrogens is 2. The van der Waals surface area contributed by atoms with Gasteiger partial charge in [0.2, 0.25) is 0 Å². The third-order valence-electron chi connectivity index (χ3n) is 5.35. The van der Waals surface area contributed by atoms with Crippen LogP contribution in [0.1, 0.15) is 37.0 Å². The standard InChI is InChI=1S/C23H26N2O3S/c1-2-25-22(27)19-11-5-6-12-20(19)24-23(25)29-15-17(26)14-28-21-13-7-9-16-8-3-4-10-18(16)21/h3-6,8,10-12,17,21,26H,2,7,9,13-15H2,1H3/t17-,21+/m1/s1. The third kappa shape index (κ3) is 4.39. The Morgan fingerprint density at radius 1 is 1.24 bits per heavy atom. The molecular weight excluding hydrogens is 384 g/mol. The predicted octanol–water partition coefficient (Wildman–Crippen LogP) is 3.96. The number of benzene rings is 2. The lowest BCUT2D eigenvalue weighted by Crippen LogP contribution is -2.25. The summed E-state index contributed by atoms with van der Waals surface area (Å²) in [4.78, 5) is 17.3. The van der Waals surface area contributed by atoms with Crippen LogP contribution in [0, 0.1) is 0 Å². The van der Waals surface area contributed by atoms with Gasteiger partial charge in [0.1, 0.15) is 0 Å². The highest BCUT2D eigenvalue weighted by Crippen LogP contribution is 2.32. The average Bonchev–Trinajstić information content (AvgIpc) is 2.76. The van der Waals surface area contributed by atoms with E-state index in [-0.39, 0.29) is 18.3 Å². The SMILES string of the molecule is CCn1c(SC[C@H](O)CO[C@H]2CCCc3ccccc32)nc2ccccc2c1=O. The number of hydrogen-bond donors (Lipinski definition) is 1. The number of aryl methyl sites for hydroxylation is 1. The van der Waals surface area contributed by atoms with E-state index in [1.165, 1.54) is 22.9 Å². The molecule has 4 rings (SSSR count). The van der Waals surface area contributed by atoms with Crippen molar-refractivity contribution in [3.8, 4) is 0 Å². The van der Waals surface area contributed by atoms with Crippen molar-refractivity contribution < 1.29 is 9.84 Å². The Labute approximate surface area is 174 Å². The molecule has 1 aliphatic rings. The zero-order valence-corrected chi connectivity index (χ0v) is 17.4. The first-order valence-electron chi connectivity index (χ1n) is 10.2. The van der Waals surface area contributed by atoms with E-state index in [4.69, 9.17) is 4.74 Å². The number of fused-ring (bicyclic) bond motifs is 2. The lowest BCUT2D eigenvalue weighted by Gasteiger charge is -2.26. The largest absolute Gasteiger partial charge is 0.390 e. The lowest BCUT2D eigenvalue weighted by molar-refractivity contribution is -0.00961. The zero-order valence-electron chi connectivity index (χ0n) is 16.6. The molecule has 0 bridgehead atoms. The first-order chi connectivity index (χ1) is 14.2. The zero-order chi connectivity index (χ0) is 20.2. The van der Waals surface area contributed by atoms with Gasteiger partial charge in [-0.2, -0.15) is 0 Å². The summed E-state index contributed by atoms with van der Waals surface area (Å²) in [5.74, 6) is 0.430. The van der Waals surface area contributed by atoms with Crippen LogP contribution in [0.3, 0.4) is 0 Å². The summed E-state index contributed by atoms with van der Waals surface area (Å²) in [6.45, 7) is 2.75. The van der Waals surface area contributed by atoms with Gasteiger partial charge in [-0.05, 0) is 49.4 Å². The second kappa shape index (κ2) is 9.11. The van der Waals surface area contributed by atoms with Crippen molar-refractivity contribution in [3.63, 3.8) is 0 Å². The normalized spacial score (nSPS) is 17.2. The molecule has 0 amide bonds. The summed E-state index contributed by atoms with van der Waals surface area (Å²) in [5.41, 5.74) is 3.24. The Balaban J connectivity index is 1.40. The van der Waals surface area contributed by atoms with E-state index in [1.54, 1.807) is 10.6 Å². The molecular formula is C23H26N2O3S. The predicted molar refractivity (Wildman–Crippen MR) is 116 cm³/mol. The summed E-state index contributed by atoms with van der Waals surface area (Å²) in [7, 11) is 0. The molecule has 1 aliphatic carbocycles. The Hall–Kier alpha value is -2.15. The highest BCUT2D eigenvalue weighted by atomic mass is 32.2. The van der Waals surface area contributed by atoms with E-state index in [1.807, 2.05) is 31.2 Å². The highest BCUT2D eigenvalue weighted by molar-refractivity contribution is 7.99. The van der Waals surface area contributed by atoms with Crippen molar-refractivity contribution >= 4 is 22.7 Å². The number of rotatable bonds is 7. The van der Waals surface area contributed by atoms with Crippen LogP contribution < -0.4 is 5.56 Å². The summed E-state index contributed by atoms with van der Waals surface area (Å²) in [6.07, 6.45) is 2.61. The summed E-state index contributed by atoms with van der Waals surface area (Å²) in [6, 6.07) is 15.8. The first-order valence-corrected chi connectivity index (χ1v) is 11.2. The van der Waals surface area contributed by atoms with Crippen molar-refractivity contribution in [3.05, 3.63) is 70.0 Å². The number of nitrogens with zero attached hydrogens (tertiary/aromatic N) is 2. The summed E-state index contributed by atoms with van der Waals surface area (Å²) >= 11 is 1.40. The molecule has 0 fully saturated rings. The fraction of sp³-hybridized carbons (Fsp3) is 0.391. The molecule has 152 valence electrons. The molecule has 0 saturated carbocycles. The van der Waals surface area contributed by atoms with Gasteiger partial charge in [0.15, 0.2) is 5.16 Å². The Kier molecular flexibility index (Phi) is 6.33. The van der Waals surface area contributed by atoms with Crippen LogP contribution in [0.4, 0.5) is 0 Å². The van der Waals surface area contributed by atoms with E-state index < -0.39 is 6.10 Å². The van der Waals surface area contributed by atoms with Crippen LogP contribution >= 0.6 is 11.8 Å². The number of thioether (sulfide) groups is 1. The minimum atomic E-state index is -0.622. The Morgan fingerprint density at radius 3 is 2.90 bits per heavy atom. The molecule has 3 aromatic rings. The summed E-state index contributed by atoms with van der Waals surface area (Å²) in [5, 5.41) is 11.7. The van der Waals surface area contributed by atoms with Crippen LogP contribution in [0.25, 0.3) is 10.9 Å². The van der Waals surface area contributed by atoms with E-state index in [2.05, 4.69) is 23.2 Å². The van der Waals surface area contributed by atoms with Crippen LogP contribution in [0.5, 0.6) is 0 Å². The van der Waals surface area contributed by atoms with Gasteiger partial charge in [-0.1, -0.05) is 48.2 Å². The molecule has 2 atom stereocenters. The van der Waals surface area contributed by atoms with Crippen LogP contribution in [0.2, 0.25) is 0 Å². The number of hydrogen-bond acceptors (Lipinski definition) is 5. The van der Waals surface area contributed by atoms with E-state index in [0.29, 0.717) is 28.4 Å². The molecule has 0 unspecified atom stereocenters. The maximum Gasteiger partial charge on any atom is 0.262 e. The van der Waals surface area contributed by atoms with Gasteiger partial charge in [-0.15, -0.1) is 0 Å². The molecule has 0 saturated heterocycles. The second-order valence-corrected chi connectivity index (χ2v) is 8.33. The molecule has 0 aliphatic heterocycles. The van der Waals surface area contributed by atoms with Gasteiger partial charge in [-0.3, -0.25) is 9.36 Å². The number of aliphatic hydroxyl groups excluding tert-OH is 1. The molecule has 6 heteroatoms. The molecule has 0 spiro atoms. The van der Waals surface area contributed by atoms with Gasteiger partial charge in [0.05, 0.1) is 29.7 Å². The van der Waals surface area contributed by atoms with Gasteiger partial charge >= 0.3 is 0 Å². The smallest absolute Gasteiger partial charge is 0.262 e. The van der Waals surface area contributed by atoms with Gasteiger partial charge in [0, 0.05) is 12.3 Å². The van der Waals surface area contributed by atoms with Crippen molar-refractivity contribution in [2.75, 3.05) is 12.4 Å². The summed E-state index contributed by atoms with van der Waals surface area (Å²) < 4.78 is 7.72. The minimum Gasteiger partial charge on any atom is -0.390 e. The number of aliphatic hydroxyl groups is 1. The molecule has 5 nitrogen and oxygen atoms in total. The molecule has 1 heterocycles. The molecule has 1 aromatic heterocycles. The number of para-hydroxylation sites is 1. The van der Waals surface area contributed by atoms with E-state index in [0.717, 1.165) is 19.3 Å². The third-order valence-corrected chi connectivity index (χ3v) is 6.47. The van der Waals surface area contributed by atoms with E-state index >= 15 is 0 Å². The Morgan fingerprint density at radius 2 is 2.03 bits per heavy atom. The van der Waals surface area contributed by atoms with Crippen LogP contribution in [-0.4, -0.2) is 33.1 Å². The fourth-order valence-electron chi connectivity index (χ4n) is 3.87. The van der Waals surface area contributed by atoms with Crippen LogP contribution in [-0.2, 0) is 17.7 Å². The fourth-order valence-corrected chi connectivity index (χ4v) is 4.83. The maximum absolute atomic E-state index is 12.7. The molecule has 1 N–H and O–H groups in total. The second-order valence-electron chi connectivity index (χ2n) is 7.34. The van der Waals surface area contributed by atoms with Crippen LogP contribution in [0.15, 0.2) is 58.5 Å². The highest BCUT2D eigenvalue weighted by Gasteiger charge is 2.21. The average molecular weight is 411 g/mol. The molecule has 2 aromatic carbocycles. The topological polar surface area (TPSA) is 64.3 Å². The van der Waals surface area contributed by atoms with Gasteiger partial charge < -0.3 is 9.84 Å². The van der Waals surface area contributed by atoms with Crippen molar-refractivity contribution in [1.82, 2.24) is 9.55 Å². The van der Waals surface area contributed by atoms with E-state index in [9.17, 15) is 9.90 Å².